The first-order valence-corrected chi connectivity index (χ1v) is 9.90. The van der Waals surface area contributed by atoms with Crippen molar-refractivity contribution < 1.29 is 23.4 Å². The number of methoxy groups -OCH3 is 1. The van der Waals surface area contributed by atoms with Gasteiger partial charge in [0.15, 0.2) is 16.9 Å². The second-order valence-electron chi connectivity index (χ2n) is 7.80. The lowest BCUT2D eigenvalue weighted by atomic mass is 9.98. The molecule has 0 saturated heterocycles. The van der Waals surface area contributed by atoms with Crippen molar-refractivity contribution in [2.75, 3.05) is 34.3 Å². The first kappa shape index (κ1) is 20.9. The fourth-order valence-corrected chi connectivity index (χ4v) is 3.99. The molecule has 1 aliphatic rings. The maximum absolute atomic E-state index is 13.8. The number of amides is 1. The molecule has 1 amide bonds. The SMILES string of the molecule is COc1cc([C@@H]2c3c(oc4ccc(F)cc4c3=O)C(=O)N2CCCN(C)C)ccc1O. The molecule has 162 valence electrons. The molecule has 1 aliphatic heterocycles. The summed E-state index contributed by atoms with van der Waals surface area (Å²) < 4.78 is 24.8. The first-order valence-electron chi connectivity index (χ1n) is 9.90. The molecule has 1 N–H and O–H groups in total. The zero-order valence-electron chi connectivity index (χ0n) is 17.5. The van der Waals surface area contributed by atoms with Gasteiger partial charge < -0.3 is 24.1 Å². The molecule has 0 fully saturated rings. The minimum Gasteiger partial charge on any atom is -0.504 e. The van der Waals surface area contributed by atoms with Gasteiger partial charge in [-0.15, -0.1) is 0 Å². The van der Waals surface area contributed by atoms with Crippen LogP contribution in [0.15, 0.2) is 45.6 Å². The van der Waals surface area contributed by atoms with Crippen LogP contribution in [0.3, 0.4) is 0 Å². The van der Waals surface area contributed by atoms with E-state index in [2.05, 4.69) is 0 Å². The van der Waals surface area contributed by atoms with E-state index in [1.54, 1.807) is 17.0 Å². The lowest BCUT2D eigenvalue weighted by Crippen LogP contribution is -2.32. The van der Waals surface area contributed by atoms with Gasteiger partial charge in [0.2, 0.25) is 5.76 Å². The number of phenolic OH excluding ortho intramolecular Hbond substituents is 1. The van der Waals surface area contributed by atoms with Crippen molar-refractivity contribution in [1.29, 1.82) is 0 Å². The third-order valence-corrected chi connectivity index (χ3v) is 5.45. The molecule has 0 bridgehead atoms. The lowest BCUT2D eigenvalue weighted by molar-refractivity contribution is 0.0722. The molecule has 1 atom stereocenters. The van der Waals surface area contributed by atoms with E-state index in [1.165, 1.54) is 25.3 Å². The molecule has 8 heteroatoms. The number of fused-ring (bicyclic) bond motifs is 2. The Labute approximate surface area is 178 Å². The Balaban J connectivity index is 1.90. The number of halogens is 1. The molecule has 4 rings (SSSR count). The van der Waals surface area contributed by atoms with Crippen LogP contribution in [0, 0.1) is 5.82 Å². The monoisotopic (exact) mass is 426 g/mol. The number of hydrogen-bond donors (Lipinski definition) is 1. The van der Waals surface area contributed by atoms with Crippen LogP contribution in [0.1, 0.15) is 34.1 Å². The van der Waals surface area contributed by atoms with E-state index in [0.29, 0.717) is 18.5 Å². The summed E-state index contributed by atoms with van der Waals surface area (Å²) in [4.78, 5) is 30.2. The van der Waals surface area contributed by atoms with Gasteiger partial charge in [-0.25, -0.2) is 4.39 Å². The topological polar surface area (TPSA) is 83.2 Å². The van der Waals surface area contributed by atoms with Gasteiger partial charge in [0.05, 0.1) is 24.1 Å². The Morgan fingerprint density at radius 1 is 1.19 bits per heavy atom. The van der Waals surface area contributed by atoms with E-state index in [0.717, 1.165) is 12.6 Å². The number of carbonyl (C=O) groups excluding carboxylic acids is 1. The van der Waals surface area contributed by atoms with Crippen molar-refractivity contribution in [1.82, 2.24) is 9.80 Å². The summed E-state index contributed by atoms with van der Waals surface area (Å²) in [6.07, 6.45) is 0.681. The number of ether oxygens (including phenoxy) is 1. The van der Waals surface area contributed by atoms with E-state index in [9.17, 15) is 19.1 Å². The van der Waals surface area contributed by atoms with Gasteiger partial charge in [-0.2, -0.15) is 0 Å². The number of carbonyl (C=O) groups is 1. The Bertz CT molecular complexity index is 1220. The molecule has 31 heavy (non-hydrogen) atoms. The Hall–Kier alpha value is -3.39. The molecule has 1 aromatic heterocycles. The van der Waals surface area contributed by atoms with Crippen molar-refractivity contribution in [3.05, 3.63) is 69.3 Å². The Kier molecular flexibility index (Phi) is 5.41. The van der Waals surface area contributed by atoms with E-state index >= 15 is 0 Å². The van der Waals surface area contributed by atoms with Gasteiger partial charge in [-0.3, -0.25) is 9.59 Å². The van der Waals surface area contributed by atoms with Crippen LogP contribution in [-0.2, 0) is 0 Å². The van der Waals surface area contributed by atoms with Gasteiger partial charge in [-0.05, 0) is 63.0 Å². The number of nitrogens with zero attached hydrogens (tertiary/aromatic N) is 2. The second-order valence-corrected chi connectivity index (χ2v) is 7.80. The summed E-state index contributed by atoms with van der Waals surface area (Å²) in [6.45, 7) is 1.14. The number of rotatable bonds is 6. The maximum Gasteiger partial charge on any atom is 0.290 e. The van der Waals surface area contributed by atoms with Crippen LogP contribution in [0.4, 0.5) is 4.39 Å². The minimum atomic E-state index is -0.733. The number of aromatic hydroxyl groups is 1. The highest BCUT2D eigenvalue weighted by Crippen LogP contribution is 2.40. The molecule has 0 radical (unpaired) electrons. The average Bonchev–Trinajstić information content (AvgIpc) is 3.01. The van der Waals surface area contributed by atoms with Crippen molar-refractivity contribution in [3.63, 3.8) is 0 Å². The highest BCUT2D eigenvalue weighted by molar-refractivity contribution is 5.99. The summed E-state index contributed by atoms with van der Waals surface area (Å²) in [5, 5.41) is 10.1. The van der Waals surface area contributed by atoms with Crippen LogP contribution < -0.4 is 10.2 Å². The molecule has 0 saturated carbocycles. The predicted octanol–water partition coefficient (Wildman–Crippen LogP) is 3.14. The van der Waals surface area contributed by atoms with Gasteiger partial charge >= 0.3 is 0 Å². The first-order chi connectivity index (χ1) is 14.8. The third kappa shape index (κ3) is 3.63. The fourth-order valence-electron chi connectivity index (χ4n) is 3.99. The van der Waals surface area contributed by atoms with Crippen LogP contribution in [0.2, 0.25) is 0 Å². The predicted molar refractivity (Wildman–Crippen MR) is 113 cm³/mol. The zero-order chi connectivity index (χ0) is 22.3. The molecule has 0 spiro atoms. The summed E-state index contributed by atoms with van der Waals surface area (Å²) in [7, 11) is 5.30. The molecular weight excluding hydrogens is 403 g/mol. The number of hydrogen-bond acceptors (Lipinski definition) is 6. The highest BCUT2D eigenvalue weighted by atomic mass is 19.1. The van der Waals surface area contributed by atoms with E-state index < -0.39 is 23.2 Å². The van der Waals surface area contributed by atoms with Crippen molar-refractivity contribution in [2.24, 2.45) is 0 Å². The quantitative estimate of drug-likeness (QED) is 0.652. The highest BCUT2D eigenvalue weighted by Gasteiger charge is 2.42. The van der Waals surface area contributed by atoms with Crippen molar-refractivity contribution in [2.45, 2.75) is 12.5 Å². The Morgan fingerprint density at radius 3 is 2.68 bits per heavy atom. The normalized spacial score (nSPS) is 15.7. The Morgan fingerprint density at radius 2 is 1.97 bits per heavy atom. The van der Waals surface area contributed by atoms with Gasteiger partial charge in [0, 0.05) is 6.54 Å². The van der Waals surface area contributed by atoms with Crippen molar-refractivity contribution in [3.8, 4) is 11.5 Å². The smallest absolute Gasteiger partial charge is 0.290 e. The van der Waals surface area contributed by atoms with E-state index in [-0.39, 0.29) is 33.8 Å². The largest absolute Gasteiger partial charge is 0.504 e. The summed E-state index contributed by atoms with van der Waals surface area (Å²) in [6, 6.07) is 7.62. The zero-order valence-corrected chi connectivity index (χ0v) is 17.5. The number of phenols is 1. The van der Waals surface area contributed by atoms with E-state index in [4.69, 9.17) is 9.15 Å². The van der Waals surface area contributed by atoms with E-state index in [1.807, 2.05) is 19.0 Å². The molecule has 3 aromatic rings. The van der Waals surface area contributed by atoms with Crippen LogP contribution in [0.25, 0.3) is 11.0 Å². The molecule has 0 unspecified atom stereocenters. The van der Waals surface area contributed by atoms with Gasteiger partial charge in [0.25, 0.3) is 5.91 Å². The maximum atomic E-state index is 13.8. The lowest BCUT2D eigenvalue weighted by Gasteiger charge is -2.26. The summed E-state index contributed by atoms with van der Waals surface area (Å²) >= 11 is 0. The number of benzene rings is 2. The standard InChI is InChI=1S/C23H23FN2O5/c1-25(2)9-4-10-26-20(13-5-7-16(27)18(11-13)30-3)19-21(28)15-12-14(24)6-8-17(15)31-22(19)23(26)29/h5-8,11-12,20,27H,4,9-10H2,1-3H3/t20-/m1/s1. The fraction of sp³-hybridized carbons (Fsp3) is 0.304. The molecule has 7 nitrogen and oxygen atoms in total. The van der Waals surface area contributed by atoms with Crippen LogP contribution in [-0.4, -0.2) is 55.1 Å². The second kappa shape index (κ2) is 8.03. The molecule has 2 heterocycles. The van der Waals surface area contributed by atoms with Gasteiger partial charge in [-0.1, -0.05) is 6.07 Å². The summed E-state index contributed by atoms with van der Waals surface area (Å²) in [5.74, 6) is -0.819. The van der Waals surface area contributed by atoms with Crippen LogP contribution in [0.5, 0.6) is 11.5 Å². The van der Waals surface area contributed by atoms with Crippen molar-refractivity contribution >= 4 is 16.9 Å². The molecule has 0 aliphatic carbocycles. The third-order valence-electron chi connectivity index (χ3n) is 5.45. The van der Waals surface area contributed by atoms with Gasteiger partial charge in [0.1, 0.15) is 11.4 Å². The minimum absolute atomic E-state index is 0.0361. The average molecular weight is 426 g/mol. The van der Waals surface area contributed by atoms with Crippen LogP contribution >= 0.6 is 0 Å². The summed E-state index contributed by atoms with van der Waals surface area (Å²) in [5.41, 5.74) is 0.474. The molecular formula is C23H23FN2O5. The molecule has 2 aromatic carbocycles.